The zero-order valence-electron chi connectivity index (χ0n) is 14.9. The lowest BCUT2D eigenvalue weighted by Gasteiger charge is -2.05. The number of carbonyl (C=O) groups excluding carboxylic acids is 1. The lowest BCUT2D eigenvalue weighted by atomic mass is 10.1. The van der Waals surface area contributed by atoms with E-state index < -0.39 is 0 Å². The lowest BCUT2D eigenvalue weighted by molar-refractivity contribution is 0.0955. The van der Waals surface area contributed by atoms with Gasteiger partial charge in [-0.1, -0.05) is 42.1 Å². The van der Waals surface area contributed by atoms with Gasteiger partial charge < -0.3 is 4.57 Å². The van der Waals surface area contributed by atoms with Crippen LogP contribution in [0.1, 0.15) is 28.4 Å². The van der Waals surface area contributed by atoms with Crippen LogP contribution in [0.15, 0.2) is 65.1 Å². The van der Waals surface area contributed by atoms with E-state index in [2.05, 4.69) is 20.7 Å². The van der Waals surface area contributed by atoms with E-state index in [1.807, 2.05) is 23.7 Å². The number of aromatic nitrogens is 3. The molecule has 0 spiro atoms. The van der Waals surface area contributed by atoms with Gasteiger partial charge in [0.15, 0.2) is 5.16 Å². The number of hydrogen-bond acceptors (Lipinski definition) is 5. The molecule has 6 nitrogen and oxygen atoms in total. The van der Waals surface area contributed by atoms with Crippen LogP contribution in [0.2, 0.25) is 0 Å². The van der Waals surface area contributed by atoms with Gasteiger partial charge in [0.2, 0.25) is 0 Å². The van der Waals surface area contributed by atoms with E-state index in [0.717, 1.165) is 16.5 Å². The lowest BCUT2D eigenvalue weighted by Crippen LogP contribution is -2.19. The van der Waals surface area contributed by atoms with Gasteiger partial charge in [-0.05, 0) is 30.7 Å². The van der Waals surface area contributed by atoms with Crippen LogP contribution in [0.4, 0.5) is 4.39 Å². The van der Waals surface area contributed by atoms with Gasteiger partial charge in [0, 0.05) is 23.9 Å². The molecule has 0 unspecified atom stereocenters. The average molecular weight is 383 g/mol. The third-order valence-electron chi connectivity index (χ3n) is 3.84. The van der Waals surface area contributed by atoms with E-state index in [1.165, 1.54) is 6.07 Å². The van der Waals surface area contributed by atoms with Crippen molar-refractivity contribution < 1.29 is 9.18 Å². The van der Waals surface area contributed by atoms with Gasteiger partial charge in [0.1, 0.15) is 12.1 Å². The Kier molecular flexibility index (Phi) is 5.97. The highest BCUT2D eigenvalue weighted by Gasteiger charge is 2.08. The van der Waals surface area contributed by atoms with Crippen molar-refractivity contribution in [2.45, 2.75) is 17.8 Å². The van der Waals surface area contributed by atoms with Gasteiger partial charge in [-0.2, -0.15) is 5.10 Å². The average Bonchev–Trinajstić information content (AvgIpc) is 3.10. The molecular weight excluding hydrogens is 365 g/mol. The summed E-state index contributed by atoms with van der Waals surface area (Å²) < 4.78 is 15.6. The number of halogens is 1. The second-order valence-electron chi connectivity index (χ2n) is 5.83. The van der Waals surface area contributed by atoms with Gasteiger partial charge in [-0.25, -0.2) is 9.82 Å². The minimum absolute atomic E-state index is 0.349. The maximum Gasteiger partial charge on any atom is 0.271 e. The van der Waals surface area contributed by atoms with Gasteiger partial charge >= 0.3 is 0 Å². The minimum Gasteiger partial charge on any atom is -0.312 e. The molecule has 3 rings (SSSR count). The Labute approximate surface area is 160 Å². The fraction of sp³-hybridized carbons (Fsp3) is 0.158. The fourth-order valence-corrected chi connectivity index (χ4v) is 3.16. The van der Waals surface area contributed by atoms with Crippen LogP contribution < -0.4 is 5.43 Å². The molecule has 27 heavy (non-hydrogen) atoms. The predicted octanol–water partition coefficient (Wildman–Crippen LogP) is 3.40. The topological polar surface area (TPSA) is 72.2 Å². The molecule has 138 valence electrons. The Balaban J connectivity index is 1.59. The molecule has 1 aromatic heterocycles. The van der Waals surface area contributed by atoms with Gasteiger partial charge in [0.05, 0.1) is 5.71 Å². The SMILES string of the molecule is C/C(=N\NC(=O)c1ccc(CSc2nncn2C)cc1)c1ccccc1F. The number of hydrogen-bond donors (Lipinski definition) is 1. The summed E-state index contributed by atoms with van der Waals surface area (Å²) in [7, 11) is 1.89. The van der Waals surface area contributed by atoms with Crippen LogP contribution in [0, 0.1) is 5.82 Å². The first-order chi connectivity index (χ1) is 13.0. The maximum absolute atomic E-state index is 13.7. The molecule has 0 saturated heterocycles. The number of nitrogens with zero attached hydrogens (tertiary/aromatic N) is 4. The van der Waals surface area contributed by atoms with E-state index >= 15 is 0 Å². The van der Waals surface area contributed by atoms with Crippen LogP contribution in [0.3, 0.4) is 0 Å². The second kappa shape index (κ2) is 8.59. The van der Waals surface area contributed by atoms with Crippen molar-refractivity contribution in [1.82, 2.24) is 20.2 Å². The summed E-state index contributed by atoms with van der Waals surface area (Å²) in [6.07, 6.45) is 1.65. The molecule has 0 radical (unpaired) electrons. The molecule has 8 heteroatoms. The summed E-state index contributed by atoms with van der Waals surface area (Å²) in [6, 6.07) is 13.5. The Morgan fingerprint density at radius 3 is 2.63 bits per heavy atom. The molecule has 0 saturated carbocycles. The molecule has 0 fully saturated rings. The number of thioether (sulfide) groups is 1. The third-order valence-corrected chi connectivity index (χ3v) is 4.95. The Morgan fingerprint density at radius 1 is 1.22 bits per heavy atom. The Morgan fingerprint density at radius 2 is 1.96 bits per heavy atom. The quantitative estimate of drug-likeness (QED) is 0.402. The fourth-order valence-electron chi connectivity index (χ4n) is 2.32. The Bertz CT molecular complexity index is 968. The molecular formula is C19H18FN5OS. The predicted molar refractivity (Wildman–Crippen MR) is 103 cm³/mol. The molecule has 0 aliphatic rings. The molecule has 2 aromatic carbocycles. The minimum atomic E-state index is -0.377. The molecule has 0 aliphatic heterocycles. The van der Waals surface area contributed by atoms with Gasteiger partial charge in [-0.3, -0.25) is 4.79 Å². The van der Waals surface area contributed by atoms with Crippen molar-refractivity contribution in [2.75, 3.05) is 0 Å². The first-order valence-electron chi connectivity index (χ1n) is 8.20. The van der Waals surface area contributed by atoms with E-state index in [1.54, 1.807) is 55.3 Å². The van der Waals surface area contributed by atoms with Gasteiger partial charge in [-0.15, -0.1) is 10.2 Å². The summed E-state index contributed by atoms with van der Waals surface area (Å²) in [5, 5.41) is 12.7. The highest BCUT2D eigenvalue weighted by molar-refractivity contribution is 7.98. The number of rotatable bonds is 6. The highest BCUT2D eigenvalue weighted by Crippen LogP contribution is 2.20. The van der Waals surface area contributed by atoms with Crippen molar-refractivity contribution in [3.63, 3.8) is 0 Å². The standard InChI is InChI=1S/C19H18FN5OS/c1-13(16-5-3-4-6-17(16)20)22-23-18(26)15-9-7-14(8-10-15)11-27-19-24-21-12-25(19)2/h3-10,12H,11H2,1-2H3,(H,23,26)/b22-13+. The molecule has 1 N–H and O–H groups in total. The first kappa shape index (κ1) is 18.8. The first-order valence-corrected chi connectivity index (χ1v) is 9.18. The number of nitrogens with one attached hydrogen (secondary N) is 1. The highest BCUT2D eigenvalue weighted by atomic mass is 32.2. The second-order valence-corrected chi connectivity index (χ2v) is 6.77. The smallest absolute Gasteiger partial charge is 0.271 e. The van der Waals surface area contributed by atoms with E-state index in [9.17, 15) is 9.18 Å². The summed E-state index contributed by atoms with van der Waals surface area (Å²) in [6.45, 7) is 1.64. The maximum atomic E-state index is 13.7. The van der Waals surface area contributed by atoms with Crippen molar-refractivity contribution in [3.05, 3.63) is 77.4 Å². The monoisotopic (exact) mass is 383 g/mol. The summed E-state index contributed by atoms with van der Waals surface area (Å²) in [5.74, 6) is -0.00476. The molecule has 1 heterocycles. The zero-order chi connectivity index (χ0) is 19.2. The van der Waals surface area contributed by atoms with E-state index in [0.29, 0.717) is 16.8 Å². The number of aryl methyl sites for hydroxylation is 1. The Hall–Kier alpha value is -3.00. The third kappa shape index (κ3) is 4.79. The molecule has 1 amide bonds. The van der Waals surface area contributed by atoms with E-state index in [-0.39, 0.29) is 11.7 Å². The molecule has 0 bridgehead atoms. The molecule has 0 aliphatic carbocycles. The molecule has 3 aromatic rings. The van der Waals surface area contributed by atoms with Crippen LogP contribution in [-0.2, 0) is 12.8 Å². The van der Waals surface area contributed by atoms with Crippen LogP contribution in [0.25, 0.3) is 0 Å². The van der Waals surface area contributed by atoms with Crippen molar-refractivity contribution >= 4 is 23.4 Å². The van der Waals surface area contributed by atoms with Crippen LogP contribution in [-0.4, -0.2) is 26.4 Å². The van der Waals surface area contributed by atoms with Crippen LogP contribution >= 0.6 is 11.8 Å². The summed E-state index contributed by atoms with van der Waals surface area (Å²) in [5.41, 5.74) is 4.76. The van der Waals surface area contributed by atoms with E-state index in [4.69, 9.17) is 0 Å². The normalized spacial score (nSPS) is 11.4. The van der Waals surface area contributed by atoms with Gasteiger partial charge in [0.25, 0.3) is 5.91 Å². The van der Waals surface area contributed by atoms with Crippen molar-refractivity contribution in [1.29, 1.82) is 0 Å². The largest absolute Gasteiger partial charge is 0.312 e. The van der Waals surface area contributed by atoms with Crippen molar-refractivity contribution in [2.24, 2.45) is 12.1 Å². The summed E-state index contributed by atoms with van der Waals surface area (Å²) >= 11 is 1.57. The molecule has 0 atom stereocenters. The number of carbonyl (C=O) groups is 1. The zero-order valence-corrected chi connectivity index (χ0v) is 15.7. The summed E-state index contributed by atoms with van der Waals surface area (Å²) in [4.78, 5) is 12.2. The number of hydrazone groups is 1. The number of benzene rings is 2. The van der Waals surface area contributed by atoms with Crippen LogP contribution in [0.5, 0.6) is 0 Å². The number of amides is 1. The van der Waals surface area contributed by atoms with Crippen molar-refractivity contribution in [3.8, 4) is 0 Å².